The number of methoxy groups -OCH3 is 1. The molecule has 0 atom stereocenters. The normalized spacial score (nSPS) is 10.3. The Morgan fingerprint density at radius 2 is 2.14 bits per heavy atom. The van der Waals surface area contributed by atoms with Gasteiger partial charge in [-0.1, -0.05) is 0 Å². The van der Waals surface area contributed by atoms with Gasteiger partial charge in [0, 0.05) is 25.1 Å². The Morgan fingerprint density at radius 1 is 1.48 bits per heavy atom. The van der Waals surface area contributed by atoms with Crippen molar-refractivity contribution >= 4 is 17.3 Å². The summed E-state index contributed by atoms with van der Waals surface area (Å²) in [4.78, 5) is 21.5. The smallest absolute Gasteiger partial charge is 0.313 e. The van der Waals surface area contributed by atoms with Crippen LogP contribution in [0.2, 0.25) is 0 Å². The molecular weight excluding hydrogens is 281 g/mol. The maximum atomic E-state index is 13.7. The zero-order chi connectivity index (χ0) is 16.0. The van der Waals surface area contributed by atoms with Gasteiger partial charge in [0.1, 0.15) is 0 Å². The second-order valence-corrected chi connectivity index (χ2v) is 4.66. The van der Waals surface area contributed by atoms with Crippen molar-refractivity contribution in [1.29, 1.82) is 0 Å². The number of nitrogens with one attached hydrogen (secondary N) is 2. The van der Waals surface area contributed by atoms with Crippen LogP contribution < -0.4 is 15.4 Å². The first-order chi connectivity index (χ1) is 9.85. The first-order valence-corrected chi connectivity index (χ1v) is 6.40. The zero-order valence-electron chi connectivity index (χ0n) is 12.1. The van der Waals surface area contributed by atoms with Crippen LogP contribution in [0, 0.1) is 15.9 Å². The predicted molar refractivity (Wildman–Crippen MR) is 76.0 cm³/mol. The number of hydrogen-bond acceptors (Lipinski definition) is 5. The van der Waals surface area contributed by atoms with Crippen molar-refractivity contribution in [3.8, 4) is 5.75 Å². The van der Waals surface area contributed by atoms with Gasteiger partial charge in [0.15, 0.2) is 11.6 Å². The van der Waals surface area contributed by atoms with E-state index in [1.807, 2.05) is 13.8 Å². The van der Waals surface area contributed by atoms with Crippen molar-refractivity contribution in [3.63, 3.8) is 0 Å². The molecule has 0 bridgehead atoms. The van der Waals surface area contributed by atoms with Crippen LogP contribution in [0.5, 0.6) is 5.75 Å². The highest BCUT2D eigenvalue weighted by atomic mass is 19.1. The van der Waals surface area contributed by atoms with Gasteiger partial charge in [0.2, 0.25) is 5.91 Å². The second kappa shape index (κ2) is 7.41. The molecule has 0 fully saturated rings. The van der Waals surface area contributed by atoms with E-state index in [1.165, 1.54) is 13.2 Å². The third kappa shape index (κ3) is 4.90. The largest absolute Gasteiger partial charge is 0.490 e. The lowest BCUT2D eigenvalue weighted by Crippen LogP contribution is -2.31. The molecule has 1 rings (SSSR count). The minimum atomic E-state index is -0.772. The molecule has 0 aliphatic carbocycles. The molecule has 0 unspecified atom stereocenters. The maximum absolute atomic E-state index is 13.7. The Balaban J connectivity index is 2.72. The number of ether oxygens (including phenoxy) is 1. The molecule has 7 nitrogen and oxygen atoms in total. The number of benzene rings is 1. The van der Waals surface area contributed by atoms with Gasteiger partial charge in [-0.15, -0.1) is 0 Å². The Morgan fingerprint density at radius 3 is 2.67 bits per heavy atom. The molecule has 1 aromatic carbocycles. The molecule has 0 saturated carbocycles. The second-order valence-electron chi connectivity index (χ2n) is 4.66. The highest BCUT2D eigenvalue weighted by Gasteiger charge is 2.19. The Labute approximate surface area is 121 Å². The van der Waals surface area contributed by atoms with E-state index in [9.17, 15) is 19.3 Å². The van der Waals surface area contributed by atoms with Gasteiger partial charge in [-0.05, 0) is 13.8 Å². The van der Waals surface area contributed by atoms with Crippen molar-refractivity contribution in [2.75, 3.05) is 19.0 Å². The number of anilines is 1. The van der Waals surface area contributed by atoms with E-state index >= 15 is 0 Å². The summed E-state index contributed by atoms with van der Waals surface area (Å²) < 4.78 is 18.6. The monoisotopic (exact) mass is 299 g/mol. The minimum absolute atomic E-state index is 0.0358. The third-order valence-electron chi connectivity index (χ3n) is 2.58. The first kappa shape index (κ1) is 16.7. The third-order valence-corrected chi connectivity index (χ3v) is 2.58. The van der Waals surface area contributed by atoms with Gasteiger partial charge < -0.3 is 15.4 Å². The van der Waals surface area contributed by atoms with Crippen LogP contribution >= 0.6 is 0 Å². The first-order valence-electron chi connectivity index (χ1n) is 6.40. The van der Waals surface area contributed by atoms with Crippen LogP contribution in [-0.4, -0.2) is 30.5 Å². The van der Waals surface area contributed by atoms with Crippen LogP contribution in [0.3, 0.4) is 0 Å². The average Bonchev–Trinajstić information content (AvgIpc) is 2.39. The van der Waals surface area contributed by atoms with Crippen molar-refractivity contribution in [2.45, 2.75) is 26.3 Å². The molecule has 21 heavy (non-hydrogen) atoms. The molecule has 0 aliphatic heterocycles. The number of halogens is 1. The van der Waals surface area contributed by atoms with Crippen LogP contribution in [-0.2, 0) is 4.79 Å². The number of rotatable bonds is 7. The Kier molecular flexibility index (Phi) is 5.89. The SMILES string of the molecule is COc1cc(NCCC(=O)NC(C)C)c(F)cc1[N+](=O)[O-]. The van der Waals surface area contributed by atoms with E-state index in [4.69, 9.17) is 4.74 Å². The highest BCUT2D eigenvalue weighted by Crippen LogP contribution is 2.32. The Bertz CT molecular complexity index is 534. The average molecular weight is 299 g/mol. The zero-order valence-corrected chi connectivity index (χ0v) is 12.1. The van der Waals surface area contributed by atoms with Crippen molar-refractivity contribution in [1.82, 2.24) is 5.32 Å². The van der Waals surface area contributed by atoms with Crippen LogP contribution in [0.15, 0.2) is 12.1 Å². The summed E-state index contributed by atoms with van der Waals surface area (Å²) in [6, 6.07) is 2.03. The molecule has 0 radical (unpaired) electrons. The summed E-state index contributed by atoms with van der Waals surface area (Å²) in [5.41, 5.74) is -0.395. The fourth-order valence-corrected chi connectivity index (χ4v) is 1.69. The molecule has 1 aromatic rings. The molecule has 0 spiro atoms. The predicted octanol–water partition coefficient (Wildman–Crippen LogP) is 2.07. The molecule has 8 heteroatoms. The number of hydrogen-bond donors (Lipinski definition) is 2. The van der Waals surface area contributed by atoms with Gasteiger partial charge in [-0.2, -0.15) is 0 Å². The summed E-state index contributed by atoms with van der Waals surface area (Å²) in [6.07, 6.45) is 0.164. The molecule has 116 valence electrons. The van der Waals surface area contributed by atoms with Gasteiger partial charge >= 0.3 is 5.69 Å². The number of amides is 1. The summed E-state index contributed by atoms with van der Waals surface area (Å²) in [7, 11) is 1.26. The van der Waals surface area contributed by atoms with Crippen LogP contribution in [0.1, 0.15) is 20.3 Å². The quantitative estimate of drug-likeness (QED) is 0.594. The van der Waals surface area contributed by atoms with Gasteiger partial charge in [-0.25, -0.2) is 4.39 Å². The van der Waals surface area contributed by atoms with Crippen LogP contribution in [0.25, 0.3) is 0 Å². The topological polar surface area (TPSA) is 93.5 Å². The molecule has 0 saturated heterocycles. The van der Waals surface area contributed by atoms with Crippen molar-refractivity contribution < 1.29 is 18.8 Å². The number of nitrogens with zero attached hydrogens (tertiary/aromatic N) is 1. The Hall–Kier alpha value is -2.38. The van der Waals surface area contributed by atoms with Gasteiger partial charge in [-0.3, -0.25) is 14.9 Å². The maximum Gasteiger partial charge on any atom is 0.313 e. The van der Waals surface area contributed by atoms with E-state index in [0.717, 1.165) is 6.07 Å². The minimum Gasteiger partial charge on any atom is -0.490 e. The lowest BCUT2D eigenvalue weighted by Gasteiger charge is -2.11. The number of carbonyl (C=O) groups is 1. The number of nitro benzene ring substituents is 1. The van der Waals surface area contributed by atoms with E-state index in [0.29, 0.717) is 0 Å². The van der Waals surface area contributed by atoms with E-state index in [-0.39, 0.29) is 36.4 Å². The van der Waals surface area contributed by atoms with E-state index in [1.54, 1.807) is 0 Å². The fourth-order valence-electron chi connectivity index (χ4n) is 1.69. The van der Waals surface area contributed by atoms with E-state index in [2.05, 4.69) is 10.6 Å². The van der Waals surface area contributed by atoms with Gasteiger partial charge in [0.25, 0.3) is 0 Å². The molecule has 2 N–H and O–H groups in total. The van der Waals surface area contributed by atoms with Crippen molar-refractivity contribution in [3.05, 3.63) is 28.1 Å². The number of nitro groups is 1. The number of carbonyl (C=O) groups excluding carboxylic acids is 1. The molecular formula is C13H18FN3O4. The molecule has 0 heterocycles. The highest BCUT2D eigenvalue weighted by molar-refractivity contribution is 5.76. The summed E-state index contributed by atoms with van der Waals surface area (Å²) in [5.74, 6) is -0.978. The fraction of sp³-hybridized carbons (Fsp3) is 0.462. The lowest BCUT2D eigenvalue weighted by atomic mass is 10.2. The van der Waals surface area contributed by atoms with Gasteiger partial charge in [0.05, 0.1) is 23.8 Å². The molecule has 1 amide bonds. The standard InChI is InChI=1S/C13H18FN3O4/c1-8(2)16-13(18)4-5-15-10-7-12(21-3)11(17(19)20)6-9(10)14/h6-8,15H,4-5H2,1-3H3,(H,16,18). The molecule has 0 aliphatic rings. The van der Waals surface area contributed by atoms with E-state index < -0.39 is 16.4 Å². The lowest BCUT2D eigenvalue weighted by molar-refractivity contribution is -0.385. The summed E-state index contributed by atoms with van der Waals surface area (Å²) in [6.45, 7) is 3.88. The summed E-state index contributed by atoms with van der Waals surface area (Å²) in [5, 5.41) is 16.2. The van der Waals surface area contributed by atoms with Crippen molar-refractivity contribution in [2.24, 2.45) is 0 Å². The molecule has 0 aromatic heterocycles. The van der Waals surface area contributed by atoms with Crippen LogP contribution in [0.4, 0.5) is 15.8 Å². The summed E-state index contributed by atoms with van der Waals surface area (Å²) >= 11 is 0.